The number of halogens is 3. The molecule has 1 amide bonds. The predicted octanol–water partition coefficient (Wildman–Crippen LogP) is 2.64. The van der Waals surface area contributed by atoms with Gasteiger partial charge in [-0.1, -0.05) is 26.2 Å². The molecule has 22 heavy (non-hydrogen) atoms. The van der Waals surface area contributed by atoms with Crippen molar-refractivity contribution in [3.8, 4) is 0 Å². The molecule has 0 saturated heterocycles. The molecule has 0 bridgehead atoms. The van der Waals surface area contributed by atoms with Gasteiger partial charge in [-0.3, -0.25) is 4.79 Å². The van der Waals surface area contributed by atoms with Crippen molar-refractivity contribution in [1.29, 1.82) is 0 Å². The minimum atomic E-state index is -4.66. The van der Waals surface area contributed by atoms with Crippen LogP contribution in [0.3, 0.4) is 0 Å². The first kappa shape index (κ1) is 18.7. The van der Waals surface area contributed by atoms with E-state index in [1.807, 2.05) is 5.32 Å². The van der Waals surface area contributed by atoms with Crippen molar-refractivity contribution >= 4 is 11.9 Å². The second-order valence-electron chi connectivity index (χ2n) is 5.51. The molecule has 0 spiro atoms. The monoisotopic (exact) mass is 325 g/mol. The van der Waals surface area contributed by atoms with Gasteiger partial charge < -0.3 is 15.2 Å². The van der Waals surface area contributed by atoms with Crippen LogP contribution in [0.25, 0.3) is 0 Å². The highest BCUT2D eigenvalue weighted by Crippen LogP contribution is 2.23. The van der Waals surface area contributed by atoms with Crippen LogP contribution < -0.4 is 5.32 Å². The van der Waals surface area contributed by atoms with E-state index in [1.54, 1.807) is 6.92 Å². The van der Waals surface area contributed by atoms with E-state index in [9.17, 15) is 22.8 Å². The van der Waals surface area contributed by atoms with E-state index in [2.05, 4.69) is 0 Å². The molecule has 1 saturated carbocycles. The first-order chi connectivity index (χ1) is 10.2. The molecule has 0 aromatic carbocycles. The van der Waals surface area contributed by atoms with E-state index < -0.39 is 36.6 Å². The molecular formula is C14H22F3NO4. The number of hydrogen-bond donors (Lipinski definition) is 2. The van der Waals surface area contributed by atoms with Crippen molar-refractivity contribution in [2.45, 2.75) is 76.3 Å². The quantitative estimate of drug-likeness (QED) is 0.754. The molecular weight excluding hydrogens is 303 g/mol. The molecule has 1 aliphatic carbocycles. The minimum Gasteiger partial charge on any atom is -0.480 e. The van der Waals surface area contributed by atoms with Gasteiger partial charge in [-0.15, -0.1) is 0 Å². The number of carboxylic acid groups (broad SMARTS) is 1. The number of nitrogens with one attached hydrogen (secondary N) is 1. The largest absolute Gasteiger partial charge is 0.480 e. The Kier molecular flexibility index (Phi) is 7.12. The van der Waals surface area contributed by atoms with E-state index in [-0.39, 0.29) is 12.5 Å². The summed E-state index contributed by atoms with van der Waals surface area (Å²) in [6, 6.07) is -1.99. The molecule has 1 fully saturated rings. The fourth-order valence-electron chi connectivity index (χ4n) is 2.47. The van der Waals surface area contributed by atoms with Gasteiger partial charge in [0.05, 0.1) is 12.5 Å². The Labute approximate surface area is 127 Å². The van der Waals surface area contributed by atoms with E-state index in [0.29, 0.717) is 0 Å². The van der Waals surface area contributed by atoms with Gasteiger partial charge in [0, 0.05) is 0 Å². The lowest BCUT2D eigenvalue weighted by Gasteiger charge is -2.27. The average molecular weight is 325 g/mol. The summed E-state index contributed by atoms with van der Waals surface area (Å²) in [5.74, 6) is -2.51. The molecule has 0 heterocycles. The topological polar surface area (TPSA) is 75.6 Å². The van der Waals surface area contributed by atoms with Crippen molar-refractivity contribution in [2.75, 3.05) is 0 Å². The zero-order valence-corrected chi connectivity index (χ0v) is 12.5. The Morgan fingerprint density at radius 2 is 1.86 bits per heavy atom. The third kappa shape index (κ3) is 6.64. The Bertz CT molecular complexity index is 381. The number of alkyl halides is 3. The molecule has 8 heteroatoms. The van der Waals surface area contributed by atoms with E-state index in [1.165, 1.54) is 0 Å². The number of carboxylic acids is 1. The molecule has 128 valence electrons. The van der Waals surface area contributed by atoms with Crippen LogP contribution in [0, 0.1) is 0 Å². The van der Waals surface area contributed by atoms with Gasteiger partial charge in [0.15, 0.2) is 0 Å². The summed E-state index contributed by atoms with van der Waals surface area (Å²) in [6.07, 6.45) is -2.27. The van der Waals surface area contributed by atoms with Crippen LogP contribution in [-0.2, 0) is 14.3 Å². The second-order valence-corrected chi connectivity index (χ2v) is 5.51. The first-order valence-electron chi connectivity index (χ1n) is 7.48. The SMILES string of the molecule is CCC(OC1CCCCC1)C(=O)NC(CC(F)(F)F)C(=O)O. The zero-order valence-electron chi connectivity index (χ0n) is 12.5. The van der Waals surface area contributed by atoms with E-state index in [0.717, 1.165) is 32.1 Å². The highest BCUT2D eigenvalue weighted by atomic mass is 19.4. The van der Waals surface area contributed by atoms with E-state index >= 15 is 0 Å². The summed E-state index contributed by atoms with van der Waals surface area (Å²) in [4.78, 5) is 22.8. The van der Waals surface area contributed by atoms with Crippen LogP contribution in [0.15, 0.2) is 0 Å². The van der Waals surface area contributed by atoms with Crippen LogP contribution in [0.2, 0.25) is 0 Å². The molecule has 0 aromatic heterocycles. The van der Waals surface area contributed by atoms with Crippen LogP contribution in [0.4, 0.5) is 13.2 Å². The molecule has 5 nitrogen and oxygen atoms in total. The highest BCUT2D eigenvalue weighted by molar-refractivity contribution is 5.86. The zero-order chi connectivity index (χ0) is 16.8. The summed E-state index contributed by atoms with van der Waals surface area (Å²) in [6.45, 7) is 1.67. The number of hydrogen-bond acceptors (Lipinski definition) is 3. The smallest absolute Gasteiger partial charge is 0.391 e. The number of carbonyl (C=O) groups excluding carboxylic acids is 1. The average Bonchev–Trinajstić information content (AvgIpc) is 2.43. The van der Waals surface area contributed by atoms with Crippen LogP contribution in [0.1, 0.15) is 51.9 Å². The summed E-state index contributed by atoms with van der Waals surface area (Å²) in [5.41, 5.74) is 0. The summed E-state index contributed by atoms with van der Waals surface area (Å²) in [7, 11) is 0. The number of carbonyl (C=O) groups is 2. The molecule has 2 atom stereocenters. The normalized spacial score (nSPS) is 19.5. The first-order valence-corrected chi connectivity index (χ1v) is 7.48. The molecule has 2 unspecified atom stereocenters. The summed E-state index contributed by atoms with van der Waals surface area (Å²) >= 11 is 0. The maximum absolute atomic E-state index is 12.3. The van der Waals surface area contributed by atoms with Gasteiger partial charge in [0.2, 0.25) is 5.91 Å². The van der Waals surface area contributed by atoms with Gasteiger partial charge >= 0.3 is 12.1 Å². The lowest BCUT2D eigenvalue weighted by molar-refractivity contribution is -0.162. The second kappa shape index (κ2) is 8.36. The summed E-state index contributed by atoms with van der Waals surface area (Å²) < 4.78 is 42.6. The molecule has 1 aliphatic rings. The third-order valence-electron chi connectivity index (χ3n) is 3.62. The highest BCUT2D eigenvalue weighted by Gasteiger charge is 2.37. The third-order valence-corrected chi connectivity index (χ3v) is 3.62. The maximum Gasteiger partial charge on any atom is 0.391 e. The molecule has 0 aromatic rings. The van der Waals surface area contributed by atoms with Crippen LogP contribution >= 0.6 is 0 Å². The Hall–Kier alpha value is -1.31. The lowest BCUT2D eigenvalue weighted by atomic mass is 9.97. The van der Waals surface area contributed by atoms with E-state index in [4.69, 9.17) is 9.84 Å². The van der Waals surface area contributed by atoms with Crippen molar-refractivity contribution in [2.24, 2.45) is 0 Å². The van der Waals surface area contributed by atoms with Crippen LogP contribution in [-0.4, -0.2) is 41.4 Å². The van der Waals surface area contributed by atoms with Crippen molar-refractivity contribution in [3.63, 3.8) is 0 Å². The van der Waals surface area contributed by atoms with Gasteiger partial charge in [-0.25, -0.2) is 4.79 Å². The Morgan fingerprint density at radius 1 is 1.27 bits per heavy atom. The van der Waals surface area contributed by atoms with Crippen molar-refractivity contribution in [1.82, 2.24) is 5.32 Å². The molecule has 1 rings (SSSR count). The van der Waals surface area contributed by atoms with Gasteiger partial charge in [-0.05, 0) is 19.3 Å². The predicted molar refractivity (Wildman–Crippen MR) is 72.3 cm³/mol. The fourth-order valence-corrected chi connectivity index (χ4v) is 2.47. The minimum absolute atomic E-state index is 0.0876. The summed E-state index contributed by atoms with van der Waals surface area (Å²) in [5, 5.41) is 10.7. The van der Waals surface area contributed by atoms with Gasteiger partial charge in [-0.2, -0.15) is 13.2 Å². The Morgan fingerprint density at radius 3 is 2.32 bits per heavy atom. The van der Waals surface area contributed by atoms with Gasteiger partial charge in [0.1, 0.15) is 12.1 Å². The molecule has 2 N–H and O–H groups in total. The Balaban J connectivity index is 2.59. The van der Waals surface area contributed by atoms with Gasteiger partial charge in [0.25, 0.3) is 0 Å². The molecule has 0 radical (unpaired) electrons. The number of rotatable bonds is 7. The number of aliphatic carboxylic acids is 1. The number of amides is 1. The van der Waals surface area contributed by atoms with Crippen LogP contribution in [0.5, 0.6) is 0 Å². The standard InChI is InChI=1S/C14H22F3NO4/c1-2-11(22-9-6-4-3-5-7-9)12(19)18-10(13(20)21)8-14(15,16)17/h9-11H,2-8H2,1H3,(H,18,19)(H,20,21). The van der Waals surface area contributed by atoms with Crippen molar-refractivity contribution in [3.05, 3.63) is 0 Å². The van der Waals surface area contributed by atoms with Crippen molar-refractivity contribution < 1.29 is 32.6 Å². The number of ether oxygens (including phenoxy) is 1. The lowest BCUT2D eigenvalue weighted by Crippen LogP contribution is -2.48. The fraction of sp³-hybridized carbons (Fsp3) is 0.857. The molecule has 0 aliphatic heterocycles. The maximum atomic E-state index is 12.3.